The maximum absolute atomic E-state index is 9.41. The largest absolute Gasteiger partial charge is 0.299 e. The lowest BCUT2D eigenvalue weighted by atomic mass is 9.77. The SMILES string of the molecule is CCCN(CC1CC1)C1CC(CC)CCC1C#N. The normalized spacial score (nSPS) is 32.4. The first-order valence-corrected chi connectivity index (χ1v) is 7.92. The molecule has 102 valence electrons. The van der Waals surface area contributed by atoms with Gasteiger partial charge in [0, 0.05) is 12.6 Å². The first-order valence-electron chi connectivity index (χ1n) is 7.92. The standard InChI is InChI=1S/C16H28N2/c1-3-9-18(12-14-5-6-14)16-10-13(4-2)7-8-15(16)11-17/h13-16H,3-10,12H2,1-2H3. The molecule has 2 aliphatic rings. The maximum atomic E-state index is 9.41. The number of hydrogen-bond acceptors (Lipinski definition) is 2. The molecule has 2 rings (SSSR count). The van der Waals surface area contributed by atoms with E-state index in [0.29, 0.717) is 6.04 Å². The Balaban J connectivity index is 2.00. The van der Waals surface area contributed by atoms with Crippen LogP contribution in [0.4, 0.5) is 0 Å². The maximum Gasteiger partial charge on any atom is 0.0672 e. The van der Waals surface area contributed by atoms with Gasteiger partial charge in [0.05, 0.1) is 12.0 Å². The van der Waals surface area contributed by atoms with Gasteiger partial charge in [-0.05, 0) is 56.9 Å². The number of nitriles is 1. The molecule has 0 aromatic carbocycles. The van der Waals surface area contributed by atoms with Crippen molar-refractivity contribution in [3.05, 3.63) is 0 Å². The topological polar surface area (TPSA) is 27.0 Å². The molecular formula is C16H28N2. The molecule has 2 aliphatic carbocycles. The van der Waals surface area contributed by atoms with Crippen LogP contribution in [-0.2, 0) is 0 Å². The minimum atomic E-state index is 0.290. The van der Waals surface area contributed by atoms with Crippen molar-refractivity contribution in [1.82, 2.24) is 4.90 Å². The Morgan fingerprint density at radius 2 is 1.83 bits per heavy atom. The third-order valence-corrected chi connectivity index (χ3v) is 4.84. The van der Waals surface area contributed by atoms with E-state index in [9.17, 15) is 5.26 Å². The highest BCUT2D eigenvalue weighted by atomic mass is 15.2. The van der Waals surface area contributed by atoms with Gasteiger partial charge in [0.15, 0.2) is 0 Å². The van der Waals surface area contributed by atoms with E-state index in [2.05, 4.69) is 24.8 Å². The first-order chi connectivity index (χ1) is 8.78. The van der Waals surface area contributed by atoms with Crippen molar-refractivity contribution < 1.29 is 0 Å². The second-order valence-corrected chi connectivity index (χ2v) is 6.33. The van der Waals surface area contributed by atoms with Crippen LogP contribution in [0.3, 0.4) is 0 Å². The zero-order valence-corrected chi connectivity index (χ0v) is 12.1. The van der Waals surface area contributed by atoms with Crippen LogP contribution in [0.2, 0.25) is 0 Å². The van der Waals surface area contributed by atoms with Gasteiger partial charge in [-0.1, -0.05) is 20.3 Å². The highest BCUT2D eigenvalue weighted by Crippen LogP contribution is 2.37. The van der Waals surface area contributed by atoms with Crippen LogP contribution in [0.15, 0.2) is 0 Å². The Labute approximate surface area is 112 Å². The third-order valence-electron chi connectivity index (χ3n) is 4.84. The molecule has 3 unspecified atom stereocenters. The third kappa shape index (κ3) is 3.48. The van der Waals surface area contributed by atoms with Gasteiger partial charge in [0.2, 0.25) is 0 Å². The molecule has 0 radical (unpaired) electrons. The van der Waals surface area contributed by atoms with Gasteiger partial charge >= 0.3 is 0 Å². The average Bonchev–Trinajstić information content (AvgIpc) is 3.21. The minimum Gasteiger partial charge on any atom is -0.299 e. The molecule has 2 nitrogen and oxygen atoms in total. The fourth-order valence-corrected chi connectivity index (χ4v) is 3.47. The van der Waals surface area contributed by atoms with E-state index in [0.717, 1.165) is 18.3 Å². The van der Waals surface area contributed by atoms with Crippen LogP contribution >= 0.6 is 0 Å². The van der Waals surface area contributed by atoms with Gasteiger partial charge < -0.3 is 0 Å². The van der Waals surface area contributed by atoms with Gasteiger partial charge in [-0.15, -0.1) is 0 Å². The second-order valence-electron chi connectivity index (χ2n) is 6.33. The summed E-state index contributed by atoms with van der Waals surface area (Å²) >= 11 is 0. The van der Waals surface area contributed by atoms with Crippen LogP contribution in [0.5, 0.6) is 0 Å². The van der Waals surface area contributed by atoms with Gasteiger partial charge in [-0.3, -0.25) is 4.90 Å². The fraction of sp³-hybridized carbons (Fsp3) is 0.938. The van der Waals surface area contributed by atoms with E-state index in [1.54, 1.807) is 0 Å². The lowest BCUT2D eigenvalue weighted by Gasteiger charge is -2.40. The molecule has 2 heteroatoms. The quantitative estimate of drug-likeness (QED) is 0.714. The molecule has 0 aromatic rings. The van der Waals surface area contributed by atoms with Crippen molar-refractivity contribution in [3.63, 3.8) is 0 Å². The molecule has 0 aliphatic heterocycles. The Kier molecular flexibility index (Phi) is 5.06. The Bertz CT molecular complexity index is 290. The molecule has 0 spiro atoms. The highest BCUT2D eigenvalue weighted by Gasteiger charge is 2.35. The molecule has 0 N–H and O–H groups in total. The molecule has 0 heterocycles. The minimum absolute atomic E-state index is 0.290. The van der Waals surface area contributed by atoms with Crippen molar-refractivity contribution in [2.75, 3.05) is 13.1 Å². The fourth-order valence-electron chi connectivity index (χ4n) is 3.47. The van der Waals surface area contributed by atoms with E-state index in [4.69, 9.17) is 0 Å². The predicted molar refractivity (Wildman–Crippen MR) is 75.1 cm³/mol. The zero-order chi connectivity index (χ0) is 13.0. The van der Waals surface area contributed by atoms with Gasteiger partial charge in [0.1, 0.15) is 0 Å². The summed E-state index contributed by atoms with van der Waals surface area (Å²) in [5, 5.41) is 9.41. The molecular weight excluding hydrogens is 220 g/mol. The summed E-state index contributed by atoms with van der Waals surface area (Å²) in [6.45, 7) is 7.02. The van der Waals surface area contributed by atoms with Crippen LogP contribution in [0.25, 0.3) is 0 Å². The van der Waals surface area contributed by atoms with Crippen LogP contribution in [0.1, 0.15) is 58.8 Å². The summed E-state index contributed by atoms with van der Waals surface area (Å²) in [4.78, 5) is 2.66. The molecule has 0 aromatic heterocycles. The summed E-state index contributed by atoms with van der Waals surface area (Å²) < 4.78 is 0. The predicted octanol–water partition coefficient (Wildman–Crippen LogP) is 3.83. The molecule has 0 saturated heterocycles. The number of hydrogen-bond donors (Lipinski definition) is 0. The summed E-state index contributed by atoms with van der Waals surface area (Å²) in [6.07, 6.45) is 9.01. The van der Waals surface area contributed by atoms with E-state index in [1.165, 1.54) is 51.6 Å². The average molecular weight is 248 g/mol. The van der Waals surface area contributed by atoms with Crippen molar-refractivity contribution >= 4 is 0 Å². The molecule has 0 bridgehead atoms. The van der Waals surface area contributed by atoms with E-state index < -0.39 is 0 Å². The van der Waals surface area contributed by atoms with E-state index >= 15 is 0 Å². The molecule has 2 saturated carbocycles. The lowest BCUT2D eigenvalue weighted by Crippen LogP contribution is -2.45. The van der Waals surface area contributed by atoms with Crippen molar-refractivity contribution in [1.29, 1.82) is 5.26 Å². The second kappa shape index (κ2) is 6.57. The summed E-state index contributed by atoms with van der Waals surface area (Å²) in [7, 11) is 0. The Morgan fingerprint density at radius 3 is 2.39 bits per heavy atom. The number of nitrogens with zero attached hydrogens (tertiary/aromatic N) is 2. The first kappa shape index (κ1) is 13.9. The lowest BCUT2D eigenvalue weighted by molar-refractivity contribution is 0.0948. The Morgan fingerprint density at radius 1 is 1.11 bits per heavy atom. The van der Waals surface area contributed by atoms with E-state index in [1.807, 2.05) is 0 Å². The van der Waals surface area contributed by atoms with Gasteiger partial charge in [0.25, 0.3) is 0 Å². The van der Waals surface area contributed by atoms with Crippen molar-refractivity contribution in [2.24, 2.45) is 17.8 Å². The van der Waals surface area contributed by atoms with Crippen LogP contribution < -0.4 is 0 Å². The van der Waals surface area contributed by atoms with Gasteiger partial charge in [-0.2, -0.15) is 5.26 Å². The molecule has 3 atom stereocenters. The summed E-state index contributed by atoms with van der Waals surface area (Å²) in [5.41, 5.74) is 0. The molecule has 0 amide bonds. The summed E-state index contributed by atoms with van der Waals surface area (Å²) in [5.74, 6) is 2.09. The highest BCUT2D eigenvalue weighted by molar-refractivity contribution is 4.98. The van der Waals surface area contributed by atoms with Crippen LogP contribution in [-0.4, -0.2) is 24.0 Å². The monoisotopic (exact) mass is 248 g/mol. The zero-order valence-electron chi connectivity index (χ0n) is 12.1. The summed E-state index contributed by atoms with van der Waals surface area (Å²) in [6, 6.07) is 3.14. The van der Waals surface area contributed by atoms with Crippen molar-refractivity contribution in [3.8, 4) is 6.07 Å². The number of rotatable bonds is 6. The van der Waals surface area contributed by atoms with Crippen molar-refractivity contribution in [2.45, 2.75) is 64.8 Å². The van der Waals surface area contributed by atoms with E-state index in [-0.39, 0.29) is 5.92 Å². The smallest absolute Gasteiger partial charge is 0.0672 e. The van der Waals surface area contributed by atoms with Crippen LogP contribution in [0, 0.1) is 29.1 Å². The molecule has 2 fully saturated rings. The van der Waals surface area contributed by atoms with Gasteiger partial charge in [-0.25, -0.2) is 0 Å². The molecule has 18 heavy (non-hydrogen) atoms. The Hall–Kier alpha value is -0.550.